The molecule has 4 heterocycles. The van der Waals surface area contributed by atoms with Gasteiger partial charge in [0.05, 0.1) is 36.8 Å². The number of nitriles is 1. The van der Waals surface area contributed by atoms with E-state index in [0.717, 1.165) is 42.1 Å². The second kappa shape index (κ2) is 13.0. The molecule has 12 heteroatoms. The van der Waals surface area contributed by atoms with Gasteiger partial charge in [-0.2, -0.15) is 15.2 Å². The quantitative estimate of drug-likeness (QED) is 0.346. The summed E-state index contributed by atoms with van der Waals surface area (Å²) in [6, 6.07) is 16.3. The monoisotopic (exact) mass is 655 g/mol. The van der Waals surface area contributed by atoms with Crippen LogP contribution in [0, 0.1) is 11.3 Å². The number of anilines is 2. The van der Waals surface area contributed by atoms with Crippen molar-refractivity contribution in [2.24, 2.45) is 0 Å². The highest BCUT2D eigenvalue weighted by Gasteiger charge is 2.45. The molecule has 2 fully saturated rings. The molecule has 48 heavy (non-hydrogen) atoms. The van der Waals surface area contributed by atoms with Gasteiger partial charge < -0.3 is 29.3 Å². The Morgan fingerprint density at radius 2 is 1.81 bits per heavy atom. The number of aromatic nitrogens is 2. The number of rotatable bonds is 6. The van der Waals surface area contributed by atoms with Crippen molar-refractivity contribution >= 4 is 34.5 Å². The lowest BCUT2D eigenvalue weighted by Crippen LogP contribution is -2.55. The number of benzene rings is 2. The lowest BCUT2D eigenvalue weighted by Gasteiger charge is -2.41. The number of ether oxygens (including phenoxy) is 2. The van der Waals surface area contributed by atoms with Gasteiger partial charge in [-0.15, -0.1) is 0 Å². The number of piperazine rings is 1. The molecule has 254 valence electrons. The smallest absolute Gasteiger partial charge is 0.411 e. The zero-order valence-electron chi connectivity index (χ0n) is 28.5. The van der Waals surface area contributed by atoms with Crippen LogP contribution < -0.4 is 14.5 Å². The van der Waals surface area contributed by atoms with E-state index in [0.29, 0.717) is 26.1 Å². The SMILES string of the molecule is CC(C)(C)OC(=O)N1[C@H](COc2nc3c(c(N4CCN(C(=O)O)C(CC#N)C4)n2)CCN(c2cccc4ccccc24)C3)CCC1(C)C. The average Bonchev–Trinajstić information content (AvgIpc) is 3.35. The summed E-state index contributed by atoms with van der Waals surface area (Å²) in [5, 5.41) is 21.6. The van der Waals surface area contributed by atoms with E-state index < -0.39 is 23.3 Å². The Bertz CT molecular complexity index is 1730. The summed E-state index contributed by atoms with van der Waals surface area (Å²) in [5.74, 6) is 0.719. The number of nitrogens with zero attached hydrogens (tertiary/aromatic N) is 7. The number of hydrogen-bond acceptors (Lipinski definition) is 9. The lowest BCUT2D eigenvalue weighted by molar-refractivity contribution is -0.00144. The Hall–Kier alpha value is -4.79. The van der Waals surface area contributed by atoms with Crippen LogP contribution in [0.25, 0.3) is 10.8 Å². The molecule has 1 aromatic heterocycles. The van der Waals surface area contributed by atoms with Crippen LogP contribution in [0.1, 0.15) is 65.1 Å². The van der Waals surface area contributed by atoms with Gasteiger partial charge in [0, 0.05) is 48.4 Å². The highest BCUT2D eigenvalue weighted by atomic mass is 16.6. The third-order valence-electron chi connectivity index (χ3n) is 9.59. The number of likely N-dealkylation sites (tertiary alicyclic amines) is 1. The number of carbonyl (C=O) groups is 2. The molecule has 0 spiro atoms. The van der Waals surface area contributed by atoms with Crippen LogP contribution in [0.2, 0.25) is 0 Å². The molecule has 2 saturated heterocycles. The van der Waals surface area contributed by atoms with Crippen LogP contribution in [0.15, 0.2) is 42.5 Å². The Morgan fingerprint density at radius 3 is 2.56 bits per heavy atom. The van der Waals surface area contributed by atoms with E-state index in [4.69, 9.17) is 19.4 Å². The van der Waals surface area contributed by atoms with Gasteiger partial charge in [0.15, 0.2) is 0 Å². The van der Waals surface area contributed by atoms with E-state index in [1.54, 1.807) is 4.90 Å². The first kappa shape index (κ1) is 33.1. The van der Waals surface area contributed by atoms with Crippen molar-refractivity contribution in [3.05, 3.63) is 53.7 Å². The minimum Gasteiger partial charge on any atom is -0.465 e. The molecule has 0 radical (unpaired) electrons. The standard InChI is InChI=1S/C36H45N7O5/c1-35(2,3)48-34(46)43-26(13-16-36(43,4)5)23-47-32-38-29-22-40(30-12-8-10-24-9-6-7-11-27(24)30)18-15-28(29)31(39-32)41-19-20-42(33(44)45)25(21-41)14-17-37/h6-12,25-26H,13-16,18-23H2,1-5H3,(H,44,45)/t25?,26-/m0/s1. The largest absolute Gasteiger partial charge is 0.465 e. The third-order valence-corrected chi connectivity index (χ3v) is 9.59. The number of fused-ring (bicyclic) bond motifs is 2. The van der Waals surface area contributed by atoms with Crippen LogP contribution in [-0.4, -0.2) is 93.1 Å². The number of carbonyl (C=O) groups excluding carboxylic acids is 1. The fourth-order valence-corrected chi connectivity index (χ4v) is 7.28. The van der Waals surface area contributed by atoms with Crippen molar-refractivity contribution in [1.82, 2.24) is 19.8 Å². The maximum atomic E-state index is 13.3. The van der Waals surface area contributed by atoms with Gasteiger partial charge in [0.2, 0.25) is 0 Å². The van der Waals surface area contributed by atoms with Gasteiger partial charge in [-0.3, -0.25) is 4.90 Å². The number of carboxylic acid groups (broad SMARTS) is 1. The van der Waals surface area contributed by atoms with Crippen molar-refractivity contribution in [1.29, 1.82) is 5.26 Å². The van der Waals surface area contributed by atoms with E-state index in [1.165, 1.54) is 15.7 Å². The van der Waals surface area contributed by atoms with Gasteiger partial charge in [-0.1, -0.05) is 36.4 Å². The molecule has 1 unspecified atom stereocenters. The van der Waals surface area contributed by atoms with Gasteiger partial charge in [0.25, 0.3) is 0 Å². The molecule has 2 atom stereocenters. The summed E-state index contributed by atoms with van der Waals surface area (Å²) in [6.07, 6.45) is 0.960. The van der Waals surface area contributed by atoms with Gasteiger partial charge in [0.1, 0.15) is 18.0 Å². The minimum atomic E-state index is -1.02. The van der Waals surface area contributed by atoms with Gasteiger partial charge >= 0.3 is 18.2 Å². The number of amides is 2. The Kier molecular flexibility index (Phi) is 8.98. The summed E-state index contributed by atoms with van der Waals surface area (Å²) in [4.78, 5) is 42.7. The second-order valence-electron chi connectivity index (χ2n) is 14.5. The van der Waals surface area contributed by atoms with E-state index in [2.05, 4.69) is 52.3 Å². The number of hydrogen-bond donors (Lipinski definition) is 1. The highest BCUT2D eigenvalue weighted by molar-refractivity contribution is 5.94. The summed E-state index contributed by atoms with van der Waals surface area (Å²) in [7, 11) is 0. The molecular formula is C36H45N7O5. The minimum absolute atomic E-state index is 0.0895. The van der Waals surface area contributed by atoms with Crippen LogP contribution in [0.4, 0.5) is 21.1 Å². The molecule has 2 aromatic carbocycles. The topological polar surface area (TPSA) is 135 Å². The molecule has 6 rings (SSSR count). The van der Waals surface area contributed by atoms with E-state index in [9.17, 15) is 20.0 Å². The highest BCUT2D eigenvalue weighted by Crippen LogP contribution is 2.37. The summed E-state index contributed by atoms with van der Waals surface area (Å²) >= 11 is 0. The molecule has 2 amide bonds. The Labute approximate surface area is 281 Å². The van der Waals surface area contributed by atoms with Crippen molar-refractivity contribution in [2.75, 3.05) is 42.6 Å². The molecule has 0 aliphatic carbocycles. The van der Waals surface area contributed by atoms with Gasteiger partial charge in [-0.05, 0) is 65.3 Å². The van der Waals surface area contributed by atoms with Gasteiger partial charge in [-0.25, -0.2) is 9.59 Å². The zero-order valence-corrected chi connectivity index (χ0v) is 28.5. The molecule has 1 N–H and O–H groups in total. The summed E-state index contributed by atoms with van der Waals surface area (Å²) in [5.41, 5.74) is 1.98. The average molecular weight is 656 g/mol. The summed E-state index contributed by atoms with van der Waals surface area (Å²) < 4.78 is 12.1. The molecule has 0 saturated carbocycles. The molecule has 3 aliphatic rings. The first-order chi connectivity index (χ1) is 22.8. The Balaban J connectivity index is 1.32. The van der Waals surface area contributed by atoms with Crippen molar-refractivity contribution in [3.63, 3.8) is 0 Å². The van der Waals surface area contributed by atoms with E-state index in [1.807, 2.05) is 40.7 Å². The van der Waals surface area contributed by atoms with Crippen LogP contribution >= 0.6 is 0 Å². The lowest BCUT2D eigenvalue weighted by atomic mass is 10.0. The van der Waals surface area contributed by atoms with E-state index >= 15 is 0 Å². The molecular weight excluding hydrogens is 610 g/mol. The normalized spacial score (nSPS) is 20.8. The molecule has 3 aromatic rings. The zero-order chi connectivity index (χ0) is 34.2. The van der Waals surface area contributed by atoms with Crippen molar-refractivity contribution in [2.45, 2.75) is 90.1 Å². The first-order valence-electron chi connectivity index (χ1n) is 16.7. The van der Waals surface area contributed by atoms with Crippen LogP contribution in [0.5, 0.6) is 6.01 Å². The van der Waals surface area contributed by atoms with Crippen LogP contribution in [0.3, 0.4) is 0 Å². The van der Waals surface area contributed by atoms with Crippen molar-refractivity contribution < 1.29 is 24.2 Å². The molecule has 3 aliphatic heterocycles. The predicted molar refractivity (Wildman–Crippen MR) is 182 cm³/mol. The fourth-order valence-electron chi connectivity index (χ4n) is 7.28. The van der Waals surface area contributed by atoms with E-state index in [-0.39, 0.29) is 37.7 Å². The van der Waals surface area contributed by atoms with Crippen LogP contribution in [-0.2, 0) is 17.7 Å². The second-order valence-corrected chi connectivity index (χ2v) is 14.5. The summed E-state index contributed by atoms with van der Waals surface area (Å²) in [6.45, 7) is 12.2. The molecule has 12 nitrogen and oxygen atoms in total. The third kappa shape index (κ3) is 6.77. The predicted octanol–water partition coefficient (Wildman–Crippen LogP) is 5.83. The maximum absolute atomic E-state index is 13.3. The fraction of sp³-hybridized carbons (Fsp3) is 0.528. The van der Waals surface area contributed by atoms with Crippen molar-refractivity contribution in [3.8, 4) is 12.1 Å². The maximum Gasteiger partial charge on any atom is 0.411 e. The Morgan fingerprint density at radius 1 is 1.04 bits per heavy atom. The first-order valence-corrected chi connectivity index (χ1v) is 16.7. The molecule has 0 bridgehead atoms.